The Morgan fingerprint density at radius 1 is 1.36 bits per heavy atom. The van der Waals surface area contributed by atoms with Crippen LogP contribution in [0.25, 0.3) is 20.4 Å². The number of fused-ring (bicyclic) bond motifs is 3. The third kappa shape index (κ3) is 0.882. The molecule has 0 radical (unpaired) electrons. The lowest BCUT2D eigenvalue weighted by Gasteiger charge is -1.87. The van der Waals surface area contributed by atoms with E-state index in [-0.39, 0.29) is 5.56 Å². The van der Waals surface area contributed by atoms with Crippen molar-refractivity contribution in [3.63, 3.8) is 0 Å². The Balaban J connectivity index is 2.70. The Morgan fingerprint density at radius 2 is 2.29 bits per heavy atom. The average Bonchev–Trinajstić information content (AvgIpc) is 2.59. The van der Waals surface area contributed by atoms with Crippen molar-refractivity contribution in [2.45, 2.75) is 0 Å². The number of rotatable bonds is 0. The molecule has 0 atom stereocenters. The molecule has 0 aliphatic rings. The lowest BCUT2D eigenvalue weighted by atomic mass is 10.4. The molecule has 3 aromatic heterocycles. The summed E-state index contributed by atoms with van der Waals surface area (Å²) in [6.07, 6.45) is 4.55. The second kappa shape index (κ2) is 2.58. The highest BCUT2D eigenvalue weighted by Crippen LogP contribution is 2.26. The van der Waals surface area contributed by atoms with Crippen molar-refractivity contribution in [1.29, 1.82) is 0 Å². The van der Waals surface area contributed by atoms with E-state index >= 15 is 0 Å². The second-order valence-corrected chi connectivity index (χ2v) is 3.80. The summed E-state index contributed by atoms with van der Waals surface area (Å²) in [5, 5.41) is 0. The van der Waals surface area contributed by atoms with Gasteiger partial charge in [-0.2, -0.15) is 4.98 Å². The molecule has 0 bridgehead atoms. The smallest absolute Gasteiger partial charge is 0.290 e. The number of hydrogen-bond acceptors (Lipinski definition) is 5. The van der Waals surface area contributed by atoms with Crippen LogP contribution in [0.15, 0.2) is 23.6 Å². The van der Waals surface area contributed by atoms with Gasteiger partial charge in [-0.25, -0.2) is 9.97 Å². The van der Waals surface area contributed by atoms with Gasteiger partial charge in [-0.1, -0.05) is 0 Å². The number of nitrogens with zero attached hydrogens (tertiary/aromatic N) is 3. The van der Waals surface area contributed by atoms with E-state index in [9.17, 15) is 4.79 Å². The van der Waals surface area contributed by atoms with Gasteiger partial charge in [0.25, 0.3) is 5.56 Å². The lowest BCUT2D eigenvalue weighted by Crippen LogP contribution is -2.03. The number of aromatic nitrogens is 4. The van der Waals surface area contributed by atoms with Crippen molar-refractivity contribution in [3.8, 4) is 0 Å². The largest absolute Gasteiger partial charge is 0.343 e. The molecule has 68 valence electrons. The molecule has 3 rings (SSSR count). The van der Waals surface area contributed by atoms with Gasteiger partial charge in [-0.05, 0) is 0 Å². The van der Waals surface area contributed by atoms with Gasteiger partial charge < -0.3 is 4.98 Å². The summed E-state index contributed by atoms with van der Waals surface area (Å²) >= 11 is 1.36. The van der Waals surface area contributed by atoms with E-state index in [1.807, 2.05) is 0 Å². The van der Waals surface area contributed by atoms with E-state index in [1.54, 1.807) is 6.20 Å². The number of thiophene rings is 1. The molecule has 0 saturated carbocycles. The second-order valence-electron chi connectivity index (χ2n) is 2.75. The fraction of sp³-hybridized carbons (Fsp3) is 0. The molecule has 0 amide bonds. The van der Waals surface area contributed by atoms with Crippen molar-refractivity contribution in [2.24, 2.45) is 0 Å². The summed E-state index contributed by atoms with van der Waals surface area (Å²) in [4.78, 5) is 26.0. The van der Waals surface area contributed by atoms with E-state index in [4.69, 9.17) is 0 Å². The van der Waals surface area contributed by atoms with E-state index in [0.717, 1.165) is 15.7 Å². The summed E-state index contributed by atoms with van der Waals surface area (Å²) in [7, 11) is 0. The first-order valence-corrected chi connectivity index (χ1v) is 4.74. The molecule has 14 heavy (non-hydrogen) atoms. The number of H-pyrrole nitrogens is 1. The maximum atomic E-state index is 11.4. The number of aromatic amines is 1. The predicted octanol–water partition coefficient (Wildman–Crippen LogP) is 0.928. The zero-order valence-electron chi connectivity index (χ0n) is 6.89. The summed E-state index contributed by atoms with van der Waals surface area (Å²) in [5.41, 5.74) is 1.30. The molecule has 0 aliphatic heterocycles. The maximum Gasteiger partial charge on any atom is 0.290 e. The third-order valence-corrected chi connectivity index (χ3v) is 3.04. The molecular formula is C8H4N4OS. The molecule has 1 N–H and O–H groups in total. The molecule has 0 fully saturated rings. The Morgan fingerprint density at radius 3 is 3.21 bits per heavy atom. The van der Waals surface area contributed by atoms with Crippen LogP contribution in [-0.2, 0) is 0 Å². The van der Waals surface area contributed by atoms with Crippen molar-refractivity contribution >= 4 is 31.8 Å². The monoisotopic (exact) mass is 204 g/mol. The highest BCUT2D eigenvalue weighted by molar-refractivity contribution is 7.25. The first kappa shape index (κ1) is 7.57. The van der Waals surface area contributed by atoms with Gasteiger partial charge >= 0.3 is 0 Å². The van der Waals surface area contributed by atoms with Gasteiger partial charge in [-0.15, -0.1) is 11.3 Å². The summed E-state index contributed by atoms with van der Waals surface area (Å²) < 4.78 is 1.49. The van der Waals surface area contributed by atoms with Crippen LogP contribution in [0.4, 0.5) is 0 Å². The number of nitrogens with one attached hydrogen (secondary N) is 1. The first-order chi connectivity index (χ1) is 6.86. The highest BCUT2D eigenvalue weighted by Gasteiger charge is 2.08. The fourth-order valence-electron chi connectivity index (χ4n) is 1.35. The molecule has 0 aromatic carbocycles. The normalized spacial score (nSPS) is 11.1. The van der Waals surface area contributed by atoms with E-state index in [2.05, 4.69) is 19.9 Å². The molecule has 0 spiro atoms. The lowest BCUT2D eigenvalue weighted by molar-refractivity contribution is 1.17. The quantitative estimate of drug-likeness (QED) is 0.591. The van der Waals surface area contributed by atoms with Crippen LogP contribution in [0, 0.1) is 0 Å². The van der Waals surface area contributed by atoms with E-state index < -0.39 is 0 Å². The minimum absolute atomic E-state index is 0.221. The molecule has 6 heteroatoms. The SMILES string of the molecule is O=c1nc[nH]c2c1sc1cncnc12. The van der Waals surface area contributed by atoms with E-state index in [1.165, 1.54) is 24.0 Å². The van der Waals surface area contributed by atoms with Crippen LogP contribution in [0.2, 0.25) is 0 Å². The highest BCUT2D eigenvalue weighted by atomic mass is 32.1. The fourth-order valence-corrected chi connectivity index (χ4v) is 2.33. The first-order valence-electron chi connectivity index (χ1n) is 3.92. The minimum atomic E-state index is -0.221. The minimum Gasteiger partial charge on any atom is -0.343 e. The van der Waals surface area contributed by atoms with Gasteiger partial charge in [0.15, 0.2) is 0 Å². The zero-order chi connectivity index (χ0) is 9.54. The average molecular weight is 204 g/mol. The van der Waals surface area contributed by atoms with Crippen LogP contribution in [-0.4, -0.2) is 19.9 Å². The molecule has 0 aliphatic carbocycles. The van der Waals surface area contributed by atoms with Crippen LogP contribution >= 0.6 is 11.3 Å². The van der Waals surface area contributed by atoms with Crippen molar-refractivity contribution in [2.75, 3.05) is 0 Å². The van der Waals surface area contributed by atoms with Crippen molar-refractivity contribution in [3.05, 3.63) is 29.2 Å². The van der Waals surface area contributed by atoms with Crippen LogP contribution < -0.4 is 5.56 Å². The Labute approximate surface area is 81.5 Å². The van der Waals surface area contributed by atoms with Gasteiger partial charge in [0.05, 0.1) is 16.5 Å². The van der Waals surface area contributed by atoms with Crippen LogP contribution in [0.3, 0.4) is 0 Å². The van der Waals surface area contributed by atoms with Crippen LogP contribution in [0.1, 0.15) is 0 Å². The third-order valence-electron chi connectivity index (χ3n) is 1.94. The zero-order valence-corrected chi connectivity index (χ0v) is 7.71. The van der Waals surface area contributed by atoms with Crippen LogP contribution in [0.5, 0.6) is 0 Å². The van der Waals surface area contributed by atoms with Crippen molar-refractivity contribution in [1.82, 2.24) is 19.9 Å². The topological polar surface area (TPSA) is 71.5 Å². The van der Waals surface area contributed by atoms with Gasteiger partial charge in [-0.3, -0.25) is 4.79 Å². The van der Waals surface area contributed by atoms with E-state index in [0.29, 0.717) is 4.70 Å². The van der Waals surface area contributed by atoms with Crippen molar-refractivity contribution < 1.29 is 0 Å². The Kier molecular flexibility index (Phi) is 1.40. The summed E-state index contributed by atoms with van der Waals surface area (Å²) in [5.74, 6) is 0. The Hall–Kier alpha value is -1.82. The molecule has 3 aromatic rings. The molecule has 3 heterocycles. The van der Waals surface area contributed by atoms with Gasteiger partial charge in [0.1, 0.15) is 16.5 Å². The summed E-state index contributed by atoms with van der Waals surface area (Å²) in [6, 6.07) is 0. The Bertz CT molecular complexity index is 671. The summed E-state index contributed by atoms with van der Waals surface area (Å²) in [6.45, 7) is 0. The molecule has 0 unspecified atom stereocenters. The maximum absolute atomic E-state index is 11.4. The predicted molar refractivity (Wildman–Crippen MR) is 53.3 cm³/mol. The molecule has 0 saturated heterocycles. The van der Waals surface area contributed by atoms with Gasteiger partial charge in [0.2, 0.25) is 0 Å². The molecule has 5 nitrogen and oxygen atoms in total. The molecular weight excluding hydrogens is 200 g/mol. The standard InChI is InChI=1S/C8H4N4OS/c13-8-7-6(11-3-12-8)5-4(14-7)1-9-2-10-5/h1-3H,(H,11,12,13). The number of hydrogen-bond donors (Lipinski definition) is 1. The van der Waals surface area contributed by atoms with Gasteiger partial charge in [0, 0.05) is 6.20 Å².